The van der Waals surface area contributed by atoms with Gasteiger partial charge in [0.1, 0.15) is 12.4 Å². The average Bonchev–Trinajstić information content (AvgIpc) is 3.61. The van der Waals surface area contributed by atoms with Gasteiger partial charge in [0.25, 0.3) is 5.91 Å². The number of thioether (sulfide) groups is 1. The molecule has 1 aromatic heterocycles. The molecule has 1 amide bonds. The molecule has 0 atom stereocenters. The van der Waals surface area contributed by atoms with E-state index in [1.165, 1.54) is 38.3 Å². The molecule has 0 aliphatic heterocycles. The summed E-state index contributed by atoms with van der Waals surface area (Å²) in [6, 6.07) is 10.7. The van der Waals surface area contributed by atoms with Crippen molar-refractivity contribution in [2.45, 2.75) is 29.4 Å². The van der Waals surface area contributed by atoms with E-state index >= 15 is 0 Å². The average molecular weight is 444 g/mol. The number of methoxy groups -OCH3 is 2. The van der Waals surface area contributed by atoms with Crippen LogP contribution in [0.5, 0.6) is 0 Å². The van der Waals surface area contributed by atoms with E-state index in [-0.39, 0.29) is 11.5 Å². The Hall–Kier alpha value is -2.91. The fourth-order valence-corrected chi connectivity index (χ4v) is 3.60. The number of oxime groups is 1. The summed E-state index contributed by atoms with van der Waals surface area (Å²) in [5.41, 5.74) is 1.06. The molecule has 1 aliphatic carbocycles. The summed E-state index contributed by atoms with van der Waals surface area (Å²) in [4.78, 5) is 35.0. The maximum atomic E-state index is 12.9. The number of esters is 1. The number of anilines is 1. The van der Waals surface area contributed by atoms with Crippen LogP contribution in [0.2, 0.25) is 0 Å². The first-order valence-corrected chi connectivity index (χ1v) is 10.8. The molecule has 0 unspecified atom stereocenters. The van der Waals surface area contributed by atoms with Crippen LogP contribution >= 0.6 is 11.8 Å². The fourth-order valence-electron chi connectivity index (χ4n) is 2.55. The second-order valence-electron chi connectivity index (χ2n) is 6.84. The molecule has 0 radical (unpaired) electrons. The van der Waals surface area contributed by atoms with E-state index in [0.717, 1.165) is 4.90 Å². The standard InChI is InChI=1S/C22H25N3O5S/c1-28-12-3-13-30-25-20(15-4-7-17(8-5-15)31-18-9-10-18)21(26)24-19-11-6-16(14-23-19)22(27)29-2/h4-8,11,14,18H,3,9-10,12-13H2,1-2H3,(H,23,24,26)/b25-20+. The number of rotatable bonds is 11. The smallest absolute Gasteiger partial charge is 0.339 e. The largest absolute Gasteiger partial charge is 0.465 e. The topological polar surface area (TPSA) is 99.1 Å². The van der Waals surface area contributed by atoms with Crippen molar-refractivity contribution in [1.82, 2.24) is 4.98 Å². The fraction of sp³-hybridized carbons (Fsp3) is 0.364. The van der Waals surface area contributed by atoms with Gasteiger partial charge in [-0.2, -0.15) is 0 Å². The number of hydrogen-bond acceptors (Lipinski definition) is 8. The van der Waals surface area contributed by atoms with Gasteiger partial charge in [0, 0.05) is 42.0 Å². The van der Waals surface area contributed by atoms with Gasteiger partial charge in [-0.1, -0.05) is 17.3 Å². The molecule has 3 rings (SSSR count). The molecule has 1 aliphatic rings. The van der Waals surface area contributed by atoms with Crippen LogP contribution < -0.4 is 5.32 Å². The van der Waals surface area contributed by atoms with Gasteiger partial charge < -0.3 is 19.6 Å². The van der Waals surface area contributed by atoms with Crippen LogP contribution in [0.25, 0.3) is 0 Å². The summed E-state index contributed by atoms with van der Waals surface area (Å²) in [5.74, 6) is -0.681. The van der Waals surface area contributed by atoms with Crippen molar-refractivity contribution in [2.75, 3.05) is 32.8 Å². The lowest BCUT2D eigenvalue weighted by Gasteiger charge is -2.09. The highest BCUT2D eigenvalue weighted by molar-refractivity contribution is 8.00. The van der Waals surface area contributed by atoms with Crippen molar-refractivity contribution in [3.63, 3.8) is 0 Å². The zero-order chi connectivity index (χ0) is 22.1. The van der Waals surface area contributed by atoms with Crippen LogP contribution in [0.1, 0.15) is 35.2 Å². The van der Waals surface area contributed by atoms with Crippen LogP contribution in [-0.4, -0.2) is 55.3 Å². The first kappa shape index (κ1) is 22.8. The number of carbonyl (C=O) groups excluding carboxylic acids is 2. The van der Waals surface area contributed by atoms with Crippen molar-refractivity contribution in [3.8, 4) is 0 Å². The Balaban J connectivity index is 1.72. The number of pyridine rings is 1. The van der Waals surface area contributed by atoms with Crippen LogP contribution in [0.15, 0.2) is 52.6 Å². The molecule has 2 aromatic rings. The Kier molecular flexibility index (Phi) is 8.43. The summed E-state index contributed by atoms with van der Waals surface area (Å²) in [5, 5.41) is 7.45. The number of aromatic nitrogens is 1. The van der Waals surface area contributed by atoms with Crippen molar-refractivity contribution in [3.05, 3.63) is 53.7 Å². The van der Waals surface area contributed by atoms with E-state index in [0.29, 0.717) is 36.0 Å². The Bertz CT molecular complexity index is 912. The Morgan fingerprint density at radius 2 is 1.84 bits per heavy atom. The van der Waals surface area contributed by atoms with E-state index in [1.54, 1.807) is 7.11 Å². The molecule has 1 fully saturated rings. The molecule has 1 aromatic carbocycles. The molecule has 0 spiro atoms. The van der Waals surface area contributed by atoms with E-state index < -0.39 is 11.9 Å². The number of hydrogen-bond donors (Lipinski definition) is 1. The number of ether oxygens (including phenoxy) is 2. The quantitative estimate of drug-likeness (QED) is 0.245. The van der Waals surface area contributed by atoms with Crippen LogP contribution in [-0.2, 0) is 19.1 Å². The molecule has 0 saturated heterocycles. The molecule has 164 valence electrons. The molecule has 1 N–H and O–H groups in total. The van der Waals surface area contributed by atoms with Crippen molar-refractivity contribution in [2.24, 2.45) is 5.16 Å². The Morgan fingerprint density at radius 3 is 2.45 bits per heavy atom. The van der Waals surface area contributed by atoms with Gasteiger partial charge in [0.2, 0.25) is 0 Å². The summed E-state index contributed by atoms with van der Waals surface area (Å²) in [6.07, 6.45) is 4.49. The van der Waals surface area contributed by atoms with E-state index in [1.807, 2.05) is 36.0 Å². The molecule has 8 nitrogen and oxygen atoms in total. The highest BCUT2D eigenvalue weighted by Crippen LogP contribution is 2.39. The molecule has 1 saturated carbocycles. The molecule has 9 heteroatoms. The van der Waals surface area contributed by atoms with E-state index in [9.17, 15) is 9.59 Å². The normalized spacial score (nSPS) is 13.5. The number of carbonyl (C=O) groups is 2. The van der Waals surface area contributed by atoms with Gasteiger partial charge in [-0.15, -0.1) is 11.8 Å². The molecular formula is C22H25N3O5S. The van der Waals surface area contributed by atoms with Crippen LogP contribution in [0.4, 0.5) is 5.82 Å². The van der Waals surface area contributed by atoms with Gasteiger partial charge in [0.05, 0.1) is 12.7 Å². The molecule has 1 heterocycles. The maximum Gasteiger partial charge on any atom is 0.339 e. The second-order valence-corrected chi connectivity index (χ2v) is 8.21. The zero-order valence-corrected chi connectivity index (χ0v) is 18.3. The van der Waals surface area contributed by atoms with Crippen molar-refractivity contribution >= 4 is 35.2 Å². The first-order valence-electron chi connectivity index (χ1n) is 9.92. The van der Waals surface area contributed by atoms with Gasteiger partial charge >= 0.3 is 5.97 Å². The third-order valence-corrected chi connectivity index (χ3v) is 5.69. The summed E-state index contributed by atoms with van der Waals surface area (Å²) >= 11 is 1.84. The lowest BCUT2D eigenvalue weighted by Crippen LogP contribution is -2.25. The monoisotopic (exact) mass is 443 g/mol. The van der Waals surface area contributed by atoms with Gasteiger partial charge in [-0.3, -0.25) is 4.79 Å². The predicted octanol–water partition coefficient (Wildman–Crippen LogP) is 3.52. The zero-order valence-electron chi connectivity index (χ0n) is 17.5. The summed E-state index contributed by atoms with van der Waals surface area (Å²) in [6.45, 7) is 0.868. The first-order chi connectivity index (χ1) is 15.1. The highest BCUT2D eigenvalue weighted by atomic mass is 32.2. The van der Waals surface area contributed by atoms with Gasteiger partial charge in [0.15, 0.2) is 5.71 Å². The molecule has 31 heavy (non-hydrogen) atoms. The minimum atomic E-state index is -0.499. The summed E-state index contributed by atoms with van der Waals surface area (Å²) < 4.78 is 9.64. The number of nitrogens with zero attached hydrogens (tertiary/aromatic N) is 2. The Labute approximate surface area is 185 Å². The molecular weight excluding hydrogens is 418 g/mol. The highest BCUT2D eigenvalue weighted by Gasteiger charge is 2.23. The predicted molar refractivity (Wildman–Crippen MR) is 119 cm³/mol. The maximum absolute atomic E-state index is 12.9. The number of amides is 1. The van der Waals surface area contributed by atoms with Crippen molar-refractivity contribution < 1.29 is 23.9 Å². The Morgan fingerprint density at radius 1 is 1.10 bits per heavy atom. The number of benzene rings is 1. The number of nitrogens with one attached hydrogen (secondary N) is 1. The molecule has 0 bridgehead atoms. The third kappa shape index (κ3) is 7.08. The van der Waals surface area contributed by atoms with Crippen LogP contribution in [0, 0.1) is 0 Å². The van der Waals surface area contributed by atoms with Gasteiger partial charge in [-0.25, -0.2) is 9.78 Å². The third-order valence-electron chi connectivity index (χ3n) is 4.34. The van der Waals surface area contributed by atoms with E-state index in [4.69, 9.17) is 9.57 Å². The SMILES string of the molecule is COCCCO/N=C(/C(=O)Nc1ccc(C(=O)OC)cn1)c1ccc(SC2CC2)cc1. The minimum Gasteiger partial charge on any atom is -0.465 e. The van der Waals surface area contributed by atoms with Gasteiger partial charge in [-0.05, 0) is 37.1 Å². The van der Waals surface area contributed by atoms with E-state index in [2.05, 4.69) is 20.2 Å². The van der Waals surface area contributed by atoms with Crippen molar-refractivity contribution in [1.29, 1.82) is 0 Å². The lowest BCUT2D eigenvalue weighted by molar-refractivity contribution is -0.110. The minimum absolute atomic E-state index is 0.138. The lowest BCUT2D eigenvalue weighted by atomic mass is 10.1. The van der Waals surface area contributed by atoms with Crippen LogP contribution in [0.3, 0.4) is 0 Å². The second kappa shape index (κ2) is 11.5. The summed E-state index contributed by atoms with van der Waals surface area (Å²) in [7, 11) is 2.91.